The highest BCUT2D eigenvalue weighted by Gasteiger charge is 2.21. The molecule has 1 aliphatic carbocycles. The smallest absolute Gasteiger partial charge is 0.240 e. The molecule has 0 saturated heterocycles. The molecule has 3 aromatic rings. The molecule has 6 nitrogen and oxygen atoms in total. The van der Waals surface area contributed by atoms with E-state index in [0.29, 0.717) is 21.6 Å². The first-order chi connectivity index (χ1) is 14.4. The zero-order valence-electron chi connectivity index (χ0n) is 16.7. The van der Waals surface area contributed by atoms with Crippen LogP contribution in [0.3, 0.4) is 0 Å². The maximum Gasteiger partial charge on any atom is 0.240 e. The Balaban J connectivity index is 1.75. The molecule has 30 heavy (non-hydrogen) atoms. The first-order valence-corrected chi connectivity index (χ1v) is 10.4. The monoisotopic (exact) mass is 423 g/mol. The van der Waals surface area contributed by atoms with E-state index in [0.717, 1.165) is 31.4 Å². The summed E-state index contributed by atoms with van der Waals surface area (Å²) in [5.41, 5.74) is 1.09. The summed E-state index contributed by atoms with van der Waals surface area (Å²) in [6.45, 7) is 1.81. The predicted molar refractivity (Wildman–Crippen MR) is 116 cm³/mol. The standard InChI is InChI=1S/C23H22ClN3O3/c1-14-6-11-18-22(30)19(21(29)15-7-9-16(24)10-8-15)12-27(23(18)25-14)13-20(28)26-17-4-2-3-5-17/h6-12,17H,2-5,13H2,1H3,(H,26,28). The second kappa shape index (κ2) is 8.40. The van der Waals surface area contributed by atoms with Crippen LogP contribution in [0, 0.1) is 6.92 Å². The molecule has 0 aliphatic heterocycles. The van der Waals surface area contributed by atoms with Crippen LogP contribution in [0.1, 0.15) is 47.3 Å². The third-order valence-corrected chi connectivity index (χ3v) is 5.70. The lowest BCUT2D eigenvalue weighted by Gasteiger charge is -2.15. The number of ketones is 1. The third-order valence-electron chi connectivity index (χ3n) is 5.45. The van der Waals surface area contributed by atoms with Gasteiger partial charge in [0.1, 0.15) is 12.2 Å². The summed E-state index contributed by atoms with van der Waals surface area (Å²) in [7, 11) is 0. The molecule has 1 N–H and O–H groups in total. The van der Waals surface area contributed by atoms with Crippen LogP contribution < -0.4 is 10.7 Å². The van der Waals surface area contributed by atoms with Gasteiger partial charge in [0.15, 0.2) is 5.78 Å². The van der Waals surface area contributed by atoms with E-state index in [1.807, 2.05) is 6.92 Å². The second-order valence-electron chi connectivity index (χ2n) is 7.71. The molecule has 1 aromatic carbocycles. The van der Waals surface area contributed by atoms with Gasteiger partial charge in [-0.05, 0) is 56.2 Å². The van der Waals surface area contributed by atoms with Crippen molar-refractivity contribution < 1.29 is 9.59 Å². The Hall–Kier alpha value is -2.99. The van der Waals surface area contributed by atoms with Crippen LogP contribution >= 0.6 is 11.6 Å². The van der Waals surface area contributed by atoms with Gasteiger partial charge in [0, 0.05) is 28.5 Å². The second-order valence-corrected chi connectivity index (χ2v) is 8.14. The Morgan fingerprint density at radius 3 is 2.53 bits per heavy atom. The number of hydrogen-bond acceptors (Lipinski definition) is 4. The number of hydrogen-bond donors (Lipinski definition) is 1. The molecular formula is C23H22ClN3O3. The van der Waals surface area contributed by atoms with Gasteiger partial charge >= 0.3 is 0 Å². The molecule has 0 spiro atoms. The minimum absolute atomic E-state index is 0.00384. The molecular weight excluding hydrogens is 402 g/mol. The molecule has 7 heteroatoms. The van der Waals surface area contributed by atoms with Crippen LogP contribution in [0.5, 0.6) is 0 Å². The molecule has 2 aromatic heterocycles. The predicted octanol–water partition coefficient (Wildman–Crippen LogP) is 3.65. The normalized spacial score (nSPS) is 14.2. The first-order valence-electron chi connectivity index (χ1n) is 10.0. The first kappa shape index (κ1) is 20.3. The lowest BCUT2D eigenvalue weighted by molar-refractivity contribution is -0.122. The van der Waals surface area contributed by atoms with Crippen molar-refractivity contribution in [2.75, 3.05) is 0 Å². The van der Waals surface area contributed by atoms with E-state index < -0.39 is 11.2 Å². The number of nitrogens with one attached hydrogen (secondary N) is 1. The molecule has 0 unspecified atom stereocenters. The van der Waals surface area contributed by atoms with Crippen LogP contribution in [0.25, 0.3) is 11.0 Å². The van der Waals surface area contributed by atoms with E-state index in [2.05, 4.69) is 10.3 Å². The molecule has 0 bridgehead atoms. The maximum absolute atomic E-state index is 13.0. The van der Waals surface area contributed by atoms with Gasteiger partial charge in [-0.1, -0.05) is 24.4 Å². The number of nitrogens with zero attached hydrogens (tertiary/aromatic N) is 2. The largest absolute Gasteiger partial charge is 0.352 e. The Bertz CT molecular complexity index is 1180. The summed E-state index contributed by atoms with van der Waals surface area (Å²) >= 11 is 5.91. The summed E-state index contributed by atoms with van der Waals surface area (Å²) in [5.74, 6) is -0.566. The summed E-state index contributed by atoms with van der Waals surface area (Å²) < 4.78 is 1.59. The van der Waals surface area contributed by atoms with Crippen LogP contribution in [0.15, 0.2) is 47.4 Å². The van der Waals surface area contributed by atoms with E-state index >= 15 is 0 Å². The van der Waals surface area contributed by atoms with Crippen molar-refractivity contribution in [1.29, 1.82) is 0 Å². The van der Waals surface area contributed by atoms with Gasteiger partial charge in [-0.2, -0.15) is 0 Å². The lowest BCUT2D eigenvalue weighted by Crippen LogP contribution is -2.35. The van der Waals surface area contributed by atoms with Crippen molar-refractivity contribution in [3.63, 3.8) is 0 Å². The maximum atomic E-state index is 13.0. The number of halogens is 1. The van der Waals surface area contributed by atoms with Gasteiger partial charge in [0.05, 0.1) is 10.9 Å². The van der Waals surface area contributed by atoms with Gasteiger partial charge in [0.25, 0.3) is 0 Å². The highest BCUT2D eigenvalue weighted by atomic mass is 35.5. The molecule has 0 atom stereocenters. The fraction of sp³-hybridized carbons (Fsp3) is 0.304. The quantitative estimate of drug-likeness (QED) is 0.635. The van der Waals surface area contributed by atoms with E-state index in [9.17, 15) is 14.4 Å². The zero-order chi connectivity index (χ0) is 21.3. The molecule has 1 fully saturated rings. The number of pyridine rings is 2. The highest BCUT2D eigenvalue weighted by Crippen LogP contribution is 2.18. The van der Waals surface area contributed by atoms with Crippen molar-refractivity contribution >= 4 is 34.3 Å². The number of carbonyl (C=O) groups is 2. The molecule has 0 radical (unpaired) electrons. The highest BCUT2D eigenvalue weighted by molar-refractivity contribution is 6.30. The van der Waals surface area contributed by atoms with E-state index in [-0.39, 0.29) is 24.1 Å². The van der Waals surface area contributed by atoms with Crippen molar-refractivity contribution in [3.8, 4) is 0 Å². The number of rotatable bonds is 5. The number of amides is 1. The van der Waals surface area contributed by atoms with Gasteiger partial charge in [-0.25, -0.2) is 4.98 Å². The van der Waals surface area contributed by atoms with Gasteiger partial charge in [-0.15, -0.1) is 0 Å². The van der Waals surface area contributed by atoms with Crippen LogP contribution in [-0.2, 0) is 11.3 Å². The minimum Gasteiger partial charge on any atom is -0.352 e. The van der Waals surface area contributed by atoms with E-state index in [4.69, 9.17) is 11.6 Å². The Morgan fingerprint density at radius 1 is 1.13 bits per heavy atom. The Morgan fingerprint density at radius 2 is 1.83 bits per heavy atom. The fourth-order valence-electron chi connectivity index (χ4n) is 3.90. The number of carbonyl (C=O) groups excluding carboxylic acids is 2. The average molecular weight is 424 g/mol. The molecule has 2 heterocycles. The van der Waals surface area contributed by atoms with Crippen molar-refractivity contribution in [2.45, 2.75) is 45.2 Å². The summed E-state index contributed by atoms with van der Waals surface area (Å²) in [4.78, 5) is 43.2. The number of fused-ring (bicyclic) bond motifs is 1. The van der Waals surface area contributed by atoms with Gasteiger partial charge < -0.3 is 9.88 Å². The van der Waals surface area contributed by atoms with Crippen LogP contribution in [0.2, 0.25) is 5.02 Å². The van der Waals surface area contributed by atoms with Crippen molar-refractivity contribution in [2.24, 2.45) is 0 Å². The van der Waals surface area contributed by atoms with Crippen molar-refractivity contribution in [3.05, 3.63) is 74.7 Å². The Kier molecular flexibility index (Phi) is 5.68. The molecule has 1 amide bonds. The number of benzene rings is 1. The summed E-state index contributed by atoms with van der Waals surface area (Å²) in [6.07, 6.45) is 5.64. The lowest BCUT2D eigenvalue weighted by atomic mass is 10.0. The van der Waals surface area contributed by atoms with Gasteiger partial charge in [-0.3, -0.25) is 14.4 Å². The third kappa shape index (κ3) is 4.14. The van der Waals surface area contributed by atoms with Crippen LogP contribution in [0.4, 0.5) is 0 Å². The van der Waals surface area contributed by atoms with E-state index in [1.54, 1.807) is 41.0 Å². The topological polar surface area (TPSA) is 81.1 Å². The minimum atomic E-state index is -0.413. The van der Waals surface area contributed by atoms with Gasteiger partial charge in [0.2, 0.25) is 11.3 Å². The Labute approximate surface area is 178 Å². The van der Waals surface area contributed by atoms with Crippen molar-refractivity contribution in [1.82, 2.24) is 14.9 Å². The molecule has 1 saturated carbocycles. The number of aromatic nitrogens is 2. The number of aryl methyl sites for hydroxylation is 1. The average Bonchev–Trinajstić information content (AvgIpc) is 3.23. The fourth-order valence-corrected chi connectivity index (χ4v) is 4.02. The molecule has 154 valence electrons. The van der Waals surface area contributed by atoms with Crippen LogP contribution in [-0.4, -0.2) is 27.3 Å². The molecule has 1 aliphatic rings. The molecule has 4 rings (SSSR count). The summed E-state index contributed by atoms with van der Waals surface area (Å²) in [6, 6.07) is 9.95. The summed E-state index contributed by atoms with van der Waals surface area (Å²) in [5, 5.41) is 3.86. The zero-order valence-corrected chi connectivity index (χ0v) is 17.4. The van der Waals surface area contributed by atoms with E-state index in [1.165, 1.54) is 6.20 Å². The SMILES string of the molecule is Cc1ccc2c(=O)c(C(=O)c3ccc(Cl)cc3)cn(CC(=O)NC3CCCC3)c2n1.